The third-order valence-corrected chi connectivity index (χ3v) is 5.70. The Labute approximate surface area is 118 Å². The van der Waals surface area contributed by atoms with E-state index in [1.165, 1.54) is 4.90 Å². The minimum Gasteiger partial charge on any atom is -0.481 e. The highest BCUT2D eigenvalue weighted by Gasteiger charge is 2.59. The number of amides is 2. The summed E-state index contributed by atoms with van der Waals surface area (Å²) in [6.45, 7) is 1.67. The van der Waals surface area contributed by atoms with Gasteiger partial charge in [0.05, 0.1) is 16.9 Å². The summed E-state index contributed by atoms with van der Waals surface area (Å²) in [5.74, 6) is -1.15. The zero-order chi connectivity index (χ0) is 14.5. The normalized spacial score (nSPS) is 36.2. The maximum absolute atomic E-state index is 12.7. The maximum atomic E-state index is 12.7. The molecule has 5 heteroatoms. The summed E-state index contributed by atoms with van der Waals surface area (Å²) in [7, 11) is 0. The number of aliphatic carboxylic acids is 1. The summed E-state index contributed by atoms with van der Waals surface area (Å²) >= 11 is 0. The van der Waals surface area contributed by atoms with E-state index in [-0.39, 0.29) is 18.2 Å². The van der Waals surface area contributed by atoms with Crippen LogP contribution >= 0.6 is 0 Å². The van der Waals surface area contributed by atoms with E-state index in [4.69, 9.17) is 0 Å². The van der Waals surface area contributed by atoms with Crippen LogP contribution < -0.4 is 0 Å². The van der Waals surface area contributed by atoms with Gasteiger partial charge in [-0.15, -0.1) is 0 Å². The topological polar surface area (TPSA) is 74.7 Å². The van der Waals surface area contributed by atoms with Gasteiger partial charge in [0.1, 0.15) is 0 Å². The molecule has 2 unspecified atom stereocenters. The van der Waals surface area contributed by atoms with Gasteiger partial charge in [-0.1, -0.05) is 19.3 Å². The van der Waals surface area contributed by atoms with Crippen molar-refractivity contribution < 1.29 is 19.5 Å². The van der Waals surface area contributed by atoms with Crippen molar-refractivity contribution in [1.82, 2.24) is 4.90 Å². The molecule has 20 heavy (non-hydrogen) atoms. The lowest BCUT2D eigenvalue weighted by Gasteiger charge is -2.34. The first-order valence-corrected chi connectivity index (χ1v) is 7.51. The molecule has 2 saturated carbocycles. The molecule has 0 radical (unpaired) electrons. The molecule has 1 heterocycles. The van der Waals surface area contributed by atoms with E-state index in [0.717, 1.165) is 32.1 Å². The predicted octanol–water partition coefficient (Wildman–Crippen LogP) is 1.95. The molecule has 110 valence electrons. The summed E-state index contributed by atoms with van der Waals surface area (Å²) in [4.78, 5) is 38.0. The highest BCUT2D eigenvalue weighted by molar-refractivity contribution is 6.06. The SMILES string of the molecule is CC1(C(=O)O)CCCC1N1C(=O)CC2(CCCC2)C1=O. The van der Waals surface area contributed by atoms with Crippen molar-refractivity contribution in [2.45, 2.75) is 64.3 Å². The molecule has 2 aliphatic carbocycles. The lowest BCUT2D eigenvalue weighted by molar-refractivity contribution is -0.156. The Morgan fingerprint density at radius 1 is 1.20 bits per heavy atom. The van der Waals surface area contributed by atoms with E-state index in [2.05, 4.69) is 0 Å². The van der Waals surface area contributed by atoms with Gasteiger partial charge in [0.25, 0.3) is 0 Å². The van der Waals surface area contributed by atoms with Gasteiger partial charge >= 0.3 is 5.97 Å². The lowest BCUT2D eigenvalue weighted by Crippen LogP contribution is -2.50. The predicted molar refractivity (Wildman–Crippen MR) is 70.8 cm³/mol. The molecule has 3 fully saturated rings. The number of carboxylic acid groups (broad SMARTS) is 1. The maximum Gasteiger partial charge on any atom is 0.311 e. The fraction of sp³-hybridized carbons (Fsp3) is 0.800. The molecule has 1 saturated heterocycles. The fourth-order valence-corrected chi connectivity index (χ4v) is 4.39. The van der Waals surface area contributed by atoms with Crippen molar-refractivity contribution in [3.8, 4) is 0 Å². The van der Waals surface area contributed by atoms with Gasteiger partial charge < -0.3 is 5.11 Å². The monoisotopic (exact) mass is 279 g/mol. The van der Waals surface area contributed by atoms with Gasteiger partial charge in [-0.05, 0) is 32.6 Å². The third kappa shape index (κ3) is 1.64. The third-order valence-electron chi connectivity index (χ3n) is 5.70. The first kappa shape index (κ1) is 13.6. The number of likely N-dealkylation sites (tertiary alicyclic amines) is 1. The van der Waals surface area contributed by atoms with Gasteiger partial charge in [0, 0.05) is 6.42 Å². The summed E-state index contributed by atoms with van der Waals surface area (Å²) in [6.07, 6.45) is 5.76. The van der Waals surface area contributed by atoms with E-state index < -0.39 is 22.8 Å². The second-order valence-electron chi connectivity index (χ2n) is 6.86. The van der Waals surface area contributed by atoms with Crippen molar-refractivity contribution in [2.75, 3.05) is 0 Å². The Balaban J connectivity index is 1.92. The molecule has 2 atom stereocenters. The van der Waals surface area contributed by atoms with Crippen LogP contribution in [0.5, 0.6) is 0 Å². The highest BCUT2D eigenvalue weighted by atomic mass is 16.4. The van der Waals surface area contributed by atoms with Crippen LogP contribution in [0, 0.1) is 10.8 Å². The minimum atomic E-state index is -0.977. The van der Waals surface area contributed by atoms with Crippen LogP contribution in [0.25, 0.3) is 0 Å². The molecule has 0 aromatic rings. The Morgan fingerprint density at radius 3 is 2.45 bits per heavy atom. The summed E-state index contributed by atoms with van der Waals surface area (Å²) in [5.41, 5.74) is -1.48. The lowest BCUT2D eigenvalue weighted by atomic mass is 9.82. The van der Waals surface area contributed by atoms with Crippen LogP contribution in [0.3, 0.4) is 0 Å². The summed E-state index contributed by atoms with van der Waals surface area (Å²) < 4.78 is 0. The van der Waals surface area contributed by atoms with E-state index in [9.17, 15) is 19.5 Å². The zero-order valence-electron chi connectivity index (χ0n) is 11.9. The molecule has 0 aromatic carbocycles. The zero-order valence-corrected chi connectivity index (χ0v) is 11.9. The molecule has 0 aromatic heterocycles. The molecule has 3 rings (SSSR count). The van der Waals surface area contributed by atoms with Crippen LogP contribution in [-0.4, -0.2) is 33.8 Å². The van der Waals surface area contributed by atoms with Gasteiger partial charge in [-0.25, -0.2) is 0 Å². The molecule has 2 amide bonds. The summed E-state index contributed by atoms with van der Waals surface area (Å²) in [5, 5.41) is 9.48. The molecule has 1 N–H and O–H groups in total. The van der Waals surface area contributed by atoms with Crippen molar-refractivity contribution in [3.63, 3.8) is 0 Å². The first-order valence-electron chi connectivity index (χ1n) is 7.51. The molecular weight excluding hydrogens is 258 g/mol. The smallest absolute Gasteiger partial charge is 0.311 e. The molecular formula is C15H21NO4. The molecule has 3 aliphatic rings. The van der Waals surface area contributed by atoms with E-state index in [0.29, 0.717) is 12.8 Å². The number of hydrogen-bond donors (Lipinski definition) is 1. The standard InChI is InChI=1S/C15H21NO4/c1-14(13(19)20)6-4-5-10(14)16-11(17)9-15(12(16)18)7-2-3-8-15/h10H,2-9H2,1H3,(H,19,20). The van der Waals surface area contributed by atoms with Crippen LogP contribution in [-0.2, 0) is 14.4 Å². The van der Waals surface area contributed by atoms with Gasteiger partial charge in [0.2, 0.25) is 11.8 Å². The number of imide groups is 1. The van der Waals surface area contributed by atoms with Crippen LogP contribution in [0.1, 0.15) is 58.3 Å². The Morgan fingerprint density at radius 2 is 1.85 bits per heavy atom. The van der Waals surface area contributed by atoms with Gasteiger partial charge in [-0.3, -0.25) is 19.3 Å². The van der Waals surface area contributed by atoms with Crippen LogP contribution in [0.15, 0.2) is 0 Å². The quantitative estimate of drug-likeness (QED) is 0.784. The number of carbonyl (C=O) groups is 3. The molecule has 0 bridgehead atoms. The van der Waals surface area contributed by atoms with Gasteiger partial charge in [0.15, 0.2) is 0 Å². The average molecular weight is 279 g/mol. The number of carbonyl (C=O) groups excluding carboxylic acids is 2. The summed E-state index contributed by atoms with van der Waals surface area (Å²) in [6, 6.07) is -0.458. The van der Waals surface area contributed by atoms with Crippen molar-refractivity contribution in [2.24, 2.45) is 10.8 Å². The van der Waals surface area contributed by atoms with Gasteiger partial charge in [-0.2, -0.15) is 0 Å². The number of carboxylic acids is 1. The van der Waals surface area contributed by atoms with E-state index in [1.54, 1.807) is 6.92 Å². The highest BCUT2D eigenvalue weighted by Crippen LogP contribution is 2.51. The molecule has 5 nitrogen and oxygen atoms in total. The second-order valence-corrected chi connectivity index (χ2v) is 6.86. The van der Waals surface area contributed by atoms with Crippen molar-refractivity contribution in [3.05, 3.63) is 0 Å². The van der Waals surface area contributed by atoms with E-state index >= 15 is 0 Å². The number of rotatable bonds is 2. The first-order chi connectivity index (χ1) is 9.41. The van der Waals surface area contributed by atoms with Crippen molar-refractivity contribution >= 4 is 17.8 Å². The second kappa shape index (κ2) is 4.30. The fourth-order valence-electron chi connectivity index (χ4n) is 4.39. The minimum absolute atomic E-state index is 0.0978. The van der Waals surface area contributed by atoms with Crippen LogP contribution in [0.2, 0.25) is 0 Å². The molecule has 1 aliphatic heterocycles. The number of nitrogens with zero attached hydrogens (tertiary/aromatic N) is 1. The van der Waals surface area contributed by atoms with E-state index in [1.807, 2.05) is 0 Å². The van der Waals surface area contributed by atoms with Crippen LogP contribution in [0.4, 0.5) is 0 Å². The Hall–Kier alpha value is -1.39. The molecule has 1 spiro atoms. The Kier molecular flexibility index (Phi) is 2.92. The largest absolute Gasteiger partial charge is 0.481 e. The average Bonchev–Trinajstić information content (AvgIpc) is 3.04. The Bertz CT molecular complexity index is 480. The number of hydrogen-bond acceptors (Lipinski definition) is 3. The van der Waals surface area contributed by atoms with Crippen molar-refractivity contribution in [1.29, 1.82) is 0 Å².